The molecule has 2 fully saturated rings. The van der Waals surface area contributed by atoms with E-state index in [0.29, 0.717) is 92.8 Å². The average molecular weight is 581 g/mol. The van der Waals surface area contributed by atoms with E-state index in [1.807, 2.05) is 25.1 Å². The number of aliphatic hydroxyl groups excluding tert-OH is 1. The Morgan fingerprint density at radius 2 is 1.71 bits per heavy atom. The second kappa shape index (κ2) is 13.5. The first-order chi connectivity index (χ1) is 20.4. The first kappa shape index (κ1) is 29.7. The molecule has 226 valence electrons. The number of aliphatic hydroxyl groups is 1. The molecule has 0 unspecified atom stereocenters. The lowest BCUT2D eigenvalue weighted by molar-refractivity contribution is -0.140. The lowest BCUT2D eigenvalue weighted by Gasteiger charge is -2.31. The Morgan fingerprint density at radius 1 is 0.952 bits per heavy atom. The molecule has 0 saturated carbocycles. The largest absolute Gasteiger partial charge is 0.507 e. The molecular formula is C32H40N2O8. The van der Waals surface area contributed by atoms with Crippen LogP contribution in [-0.4, -0.2) is 92.4 Å². The van der Waals surface area contributed by atoms with Crippen LogP contribution in [0.5, 0.6) is 23.0 Å². The van der Waals surface area contributed by atoms with E-state index in [1.54, 1.807) is 23.1 Å². The van der Waals surface area contributed by atoms with Crippen molar-refractivity contribution in [1.82, 2.24) is 9.80 Å². The number of benzene rings is 2. The van der Waals surface area contributed by atoms with Crippen molar-refractivity contribution in [3.8, 4) is 23.0 Å². The second-order valence-corrected chi connectivity index (χ2v) is 11.0. The van der Waals surface area contributed by atoms with E-state index in [9.17, 15) is 14.7 Å². The van der Waals surface area contributed by atoms with E-state index in [-0.39, 0.29) is 11.3 Å². The zero-order valence-electron chi connectivity index (χ0n) is 24.6. The third-order valence-corrected chi connectivity index (χ3v) is 7.65. The Morgan fingerprint density at radius 3 is 2.45 bits per heavy atom. The highest BCUT2D eigenvalue weighted by molar-refractivity contribution is 6.46. The van der Waals surface area contributed by atoms with E-state index in [4.69, 9.17) is 23.7 Å². The molecule has 3 aliphatic rings. The monoisotopic (exact) mass is 580 g/mol. The van der Waals surface area contributed by atoms with Gasteiger partial charge in [-0.2, -0.15) is 0 Å². The summed E-state index contributed by atoms with van der Waals surface area (Å²) in [5, 5.41) is 11.6. The van der Waals surface area contributed by atoms with Crippen LogP contribution in [0.1, 0.15) is 44.4 Å². The summed E-state index contributed by atoms with van der Waals surface area (Å²) in [6.07, 6.45) is 0.893. The van der Waals surface area contributed by atoms with Crippen LogP contribution in [0.3, 0.4) is 0 Å². The number of ketones is 1. The fourth-order valence-electron chi connectivity index (χ4n) is 5.36. The fraction of sp³-hybridized carbons (Fsp3) is 0.500. The van der Waals surface area contributed by atoms with Gasteiger partial charge in [0.05, 0.1) is 38.0 Å². The van der Waals surface area contributed by atoms with Crippen LogP contribution in [-0.2, 0) is 14.3 Å². The molecule has 0 aliphatic carbocycles. The van der Waals surface area contributed by atoms with Crippen molar-refractivity contribution in [2.24, 2.45) is 5.92 Å². The Hall–Kier alpha value is -3.76. The molecule has 2 aromatic rings. The third-order valence-electron chi connectivity index (χ3n) is 7.65. The zero-order chi connectivity index (χ0) is 29.6. The standard InChI is InChI=1S/C32H40N2O8/c1-4-39-26-19-22(5-7-24(26)40-14-9-21(2)3)29-28(30(35)23-6-8-25-27(20-23)42-18-17-41-25)31(36)32(37)34(29)11-10-33-12-15-38-16-13-33/h5-8,19-21,29,35H,4,9-18H2,1-3H3/t29-/m0/s1. The van der Waals surface area contributed by atoms with E-state index in [2.05, 4.69) is 18.7 Å². The summed E-state index contributed by atoms with van der Waals surface area (Å²) < 4.78 is 28.7. The van der Waals surface area contributed by atoms with E-state index in [1.165, 1.54) is 0 Å². The van der Waals surface area contributed by atoms with Gasteiger partial charge in [0, 0.05) is 31.7 Å². The van der Waals surface area contributed by atoms with Gasteiger partial charge >= 0.3 is 0 Å². The van der Waals surface area contributed by atoms with Gasteiger partial charge in [0.15, 0.2) is 23.0 Å². The number of hydrogen-bond donors (Lipinski definition) is 1. The lowest BCUT2D eigenvalue weighted by atomic mass is 9.94. The minimum atomic E-state index is -0.817. The number of carbonyl (C=O) groups is 2. The molecule has 0 bridgehead atoms. The molecular weight excluding hydrogens is 540 g/mol. The maximum Gasteiger partial charge on any atom is 0.295 e. The van der Waals surface area contributed by atoms with Gasteiger partial charge in [0.1, 0.15) is 19.0 Å². The Balaban J connectivity index is 1.54. The van der Waals surface area contributed by atoms with E-state index < -0.39 is 17.7 Å². The van der Waals surface area contributed by atoms with Crippen LogP contribution in [0, 0.1) is 5.92 Å². The predicted molar refractivity (Wildman–Crippen MR) is 156 cm³/mol. The summed E-state index contributed by atoms with van der Waals surface area (Å²) >= 11 is 0. The molecule has 3 heterocycles. The Labute approximate surface area is 246 Å². The molecule has 0 aromatic heterocycles. The van der Waals surface area contributed by atoms with Crippen LogP contribution in [0.2, 0.25) is 0 Å². The molecule has 3 aliphatic heterocycles. The van der Waals surface area contributed by atoms with Crippen molar-refractivity contribution in [3.05, 3.63) is 53.1 Å². The van der Waals surface area contributed by atoms with Crippen LogP contribution in [0.15, 0.2) is 42.0 Å². The Kier molecular flexibility index (Phi) is 9.54. The van der Waals surface area contributed by atoms with Gasteiger partial charge in [-0.1, -0.05) is 19.9 Å². The Bertz CT molecular complexity index is 1320. The molecule has 0 radical (unpaired) electrons. The van der Waals surface area contributed by atoms with Gasteiger partial charge in [-0.05, 0) is 55.2 Å². The van der Waals surface area contributed by atoms with E-state index in [0.717, 1.165) is 19.5 Å². The first-order valence-electron chi connectivity index (χ1n) is 14.8. The molecule has 5 rings (SSSR count). The highest BCUT2D eigenvalue weighted by atomic mass is 16.6. The number of morpholine rings is 1. The third kappa shape index (κ3) is 6.50. The van der Waals surface area contributed by atoms with Crippen molar-refractivity contribution in [1.29, 1.82) is 0 Å². The molecule has 1 N–H and O–H groups in total. The number of carbonyl (C=O) groups excluding carboxylic acids is 2. The van der Waals surface area contributed by atoms with Gasteiger partial charge in [0.25, 0.3) is 11.7 Å². The average Bonchev–Trinajstić information content (AvgIpc) is 3.25. The molecule has 10 nitrogen and oxygen atoms in total. The van der Waals surface area contributed by atoms with Gasteiger partial charge in [-0.3, -0.25) is 14.5 Å². The van der Waals surface area contributed by atoms with Crippen molar-refractivity contribution in [2.45, 2.75) is 33.2 Å². The van der Waals surface area contributed by atoms with Crippen molar-refractivity contribution in [3.63, 3.8) is 0 Å². The number of Topliss-reactive ketones (excluding diaryl/α,β-unsaturated/α-hetero) is 1. The highest BCUT2D eigenvalue weighted by Crippen LogP contribution is 2.43. The van der Waals surface area contributed by atoms with E-state index >= 15 is 0 Å². The number of amides is 1. The fourth-order valence-corrected chi connectivity index (χ4v) is 5.36. The maximum atomic E-state index is 13.6. The number of rotatable bonds is 11. The SMILES string of the molecule is CCOc1cc([C@H]2C(=C(O)c3ccc4c(c3)OCCO4)C(=O)C(=O)N2CCN2CCOCC2)ccc1OCCC(C)C. The lowest BCUT2D eigenvalue weighted by Crippen LogP contribution is -2.42. The number of likely N-dealkylation sites (tertiary alicyclic amines) is 1. The molecule has 42 heavy (non-hydrogen) atoms. The van der Waals surface area contributed by atoms with Crippen molar-refractivity contribution in [2.75, 3.05) is 65.8 Å². The first-order valence-corrected chi connectivity index (χ1v) is 14.8. The zero-order valence-corrected chi connectivity index (χ0v) is 24.6. The second-order valence-electron chi connectivity index (χ2n) is 11.0. The summed E-state index contributed by atoms with van der Waals surface area (Å²) in [7, 11) is 0. The minimum absolute atomic E-state index is 0.0228. The number of ether oxygens (including phenoxy) is 5. The van der Waals surface area contributed by atoms with Crippen molar-refractivity contribution >= 4 is 17.4 Å². The summed E-state index contributed by atoms with van der Waals surface area (Å²) in [6.45, 7) is 11.6. The van der Waals surface area contributed by atoms with Crippen LogP contribution >= 0.6 is 0 Å². The minimum Gasteiger partial charge on any atom is -0.507 e. The number of hydrogen-bond acceptors (Lipinski definition) is 9. The van der Waals surface area contributed by atoms with Gasteiger partial charge in [-0.15, -0.1) is 0 Å². The number of nitrogens with zero attached hydrogens (tertiary/aromatic N) is 2. The predicted octanol–water partition coefficient (Wildman–Crippen LogP) is 4.04. The molecule has 0 spiro atoms. The summed E-state index contributed by atoms with van der Waals surface area (Å²) in [5.41, 5.74) is 1.04. The molecule has 2 aromatic carbocycles. The van der Waals surface area contributed by atoms with Crippen LogP contribution < -0.4 is 18.9 Å². The molecule has 10 heteroatoms. The van der Waals surface area contributed by atoms with Gasteiger partial charge in [0.2, 0.25) is 0 Å². The summed E-state index contributed by atoms with van der Waals surface area (Å²) in [4.78, 5) is 30.8. The summed E-state index contributed by atoms with van der Waals surface area (Å²) in [5.74, 6) is 1.01. The molecule has 1 amide bonds. The van der Waals surface area contributed by atoms with Crippen LogP contribution in [0.4, 0.5) is 0 Å². The number of fused-ring (bicyclic) bond motifs is 1. The quantitative estimate of drug-likeness (QED) is 0.239. The smallest absolute Gasteiger partial charge is 0.295 e. The highest BCUT2D eigenvalue weighted by Gasteiger charge is 2.46. The topological polar surface area (TPSA) is 107 Å². The normalized spacial score (nSPS) is 20.3. The molecule has 2 saturated heterocycles. The van der Waals surface area contributed by atoms with Gasteiger partial charge < -0.3 is 33.7 Å². The van der Waals surface area contributed by atoms with Crippen LogP contribution in [0.25, 0.3) is 5.76 Å². The van der Waals surface area contributed by atoms with Gasteiger partial charge in [-0.25, -0.2) is 0 Å². The molecule has 1 atom stereocenters. The van der Waals surface area contributed by atoms with Crippen molar-refractivity contribution < 1.29 is 38.4 Å². The summed E-state index contributed by atoms with van der Waals surface area (Å²) in [6, 6.07) is 9.64. The maximum absolute atomic E-state index is 13.6.